The number of carbonyl (C=O) groups is 2. The summed E-state index contributed by atoms with van der Waals surface area (Å²) in [5.41, 5.74) is 4.91. The maximum Gasteiger partial charge on any atom is 0.263 e. The highest BCUT2D eigenvalue weighted by Crippen LogP contribution is 2.33. The molecule has 40 heavy (non-hydrogen) atoms. The van der Waals surface area contributed by atoms with Gasteiger partial charge in [0, 0.05) is 47.7 Å². The van der Waals surface area contributed by atoms with Crippen LogP contribution in [-0.4, -0.2) is 37.6 Å². The second-order valence-electron chi connectivity index (χ2n) is 8.67. The first-order valence-electron chi connectivity index (χ1n) is 12.2. The highest BCUT2D eigenvalue weighted by Gasteiger charge is 2.27. The molecule has 2 amide bonds. The summed E-state index contributed by atoms with van der Waals surface area (Å²) < 4.78 is 0. The van der Waals surface area contributed by atoms with E-state index < -0.39 is 11.8 Å². The Morgan fingerprint density at radius 2 is 0.950 bits per heavy atom. The molecular formula is C30H22N8O2. The van der Waals surface area contributed by atoms with Gasteiger partial charge in [0.05, 0.1) is 11.4 Å². The minimum Gasteiger partial charge on any atom is -0.354 e. The molecule has 0 bridgehead atoms. The van der Waals surface area contributed by atoms with Crippen LogP contribution in [0.4, 0.5) is 11.4 Å². The zero-order valence-corrected chi connectivity index (χ0v) is 21.5. The van der Waals surface area contributed by atoms with Crippen molar-refractivity contribution in [1.29, 1.82) is 10.5 Å². The lowest BCUT2D eigenvalue weighted by Crippen LogP contribution is -2.20. The van der Waals surface area contributed by atoms with Crippen molar-refractivity contribution >= 4 is 46.3 Å². The maximum absolute atomic E-state index is 12.2. The van der Waals surface area contributed by atoms with E-state index in [0.29, 0.717) is 34.2 Å². The molecule has 0 spiro atoms. The Hall–Kier alpha value is -6.00. The van der Waals surface area contributed by atoms with Gasteiger partial charge in [0.15, 0.2) is 0 Å². The van der Waals surface area contributed by atoms with E-state index in [1.54, 1.807) is 0 Å². The monoisotopic (exact) mass is 526 g/mol. The fourth-order valence-corrected chi connectivity index (χ4v) is 4.41. The summed E-state index contributed by atoms with van der Waals surface area (Å²) in [5.74, 6) is 0.0360. The fourth-order valence-electron chi connectivity index (χ4n) is 4.41. The third-order valence-corrected chi connectivity index (χ3v) is 6.34. The van der Waals surface area contributed by atoms with E-state index in [1.807, 2.05) is 84.9 Å². The molecule has 2 heterocycles. The SMILES string of the molecule is CNC(=O)/C(C#N)=C1/N=C(Nc2ccc(NC3=N/C(=C(\C#N)C(=O)NC)c4ccccc43)cc2)c2ccccc21. The number of anilines is 2. The average molecular weight is 527 g/mol. The van der Waals surface area contributed by atoms with E-state index in [0.717, 1.165) is 22.5 Å². The zero-order valence-electron chi connectivity index (χ0n) is 21.5. The van der Waals surface area contributed by atoms with Crippen molar-refractivity contribution in [2.24, 2.45) is 9.98 Å². The largest absolute Gasteiger partial charge is 0.354 e. The third-order valence-electron chi connectivity index (χ3n) is 6.34. The van der Waals surface area contributed by atoms with Gasteiger partial charge in [-0.25, -0.2) is 9.98 Å². The van der Waals surface area contributed by atoms with Gasteiger partial charge < -0.3 is 21.3 Å². The van der Waals surface area contributed by atoms with Crippen molar-refractivity contribution < 1.29 is 9.59 Å². The first-order chi connectivity index (χ1) is 19.5. The van der Waals surface area contributed by atoms with Crippen LogP contribution in [0, 0.1) is 22.7 Å². The molecule has 0 saturated heterocycles. The van der Waals surface area contributed by atoms with Crippen molar-refractivity contribution in [3.63, 3.8) is 0 Å². The van der Waals surface area contributed by atoms with Crippen LogP contribution < -0.4 is 21.3 Å². The van der Waals surface area contributed by atoms with Gasteiger partial charge in [-0.1, -0.05) is 48.5 Å². The number of hydrogen-bond acceptors (Lipinski definition) is 8. The average Bonchev–Trinajstić information content (AvgIpc) is 3.53. The minimum absolute atomic E-state index is 0.0618. The molecule has 10 heteroatoms. The van der Waals surface area contributed by atoms with Gasteiger partial charge in [0.2, 0.25) is 0 Å². The number of aliphatic imine (C=N–C) groups is 2. The van der Waals surface area contributed by atoms with E-state index in [4.69, 9.17) is 0 Å². The van der Waals surface area contributed by atoms with Crippen molar-refractivity contribution in [2.75, 3.05) is 24.7 Å². The van der Waals surface area contributed by atoms with E-state index >= 15 is 0 Å². The summed E-state index contributed by atoms with van der Waals surface area (Å²) in [7, 11) is 2.94. The number of nitrogens with one attached hydrogen (secondary N) is 4. The van der Waals surface area contributed by atoms with Crippen LogP contribution in [0.3, 0.4) is 0 Å². The van der Waals surface area contributed by atoms with Gasteiger partial charge in [-0.3, -0.25) is 9.59 Å². The van der Waals surface area contributed by atoms with Gasteiger partial charge in [-0.05, 0) is 24.3 Å². The topological polar surface area (TPSA) is 155 Å². The molecule has 0 fully saturated rings. The number of benzene rings is 3. The molecule has 0 aliphatic carbocycles. The Kier molecular flexibility index (Phi) is 6.91. The summed E-state index contributed by atoms with van der Waals surface area (Å²) in [6.45, 7) is 0. The van der Waals surface area contributed by atoms with Gasteiger partial charge in [0.25, 0.3) is 11.8 Å². The van der Waals surface area contributed by atoms with E-state index in [9.17, 15) is 20.1 Å². The standard InChI is InChI=1S/C30H22N8O2/c1-33-29(39)23(15-31)25-19-7-3-5-9-21(19)27(37-25)35-17-11-13-18(14-12-17)36-28-22-10-6-4-8-20(22)26(38-28)24(16-32)30(40)34-2/h3-14H,1-2H3,(H,33,39)(H,34,40)(H,35,37)(H,36,38)/b25-23+,26-24+. The normalized spacial score (nSPS) is 15.3. The van der Waals surface area contributed by atoms with Crippen molar-refractivity contribution in [1.82, 2.24) is 10.6 Å². The van der Waals surface area contributed by atoms with Gasteiger partial charge in [-0.15, -0.1) is 0 Å². The summed E-state index contributed by atoms with van der Waals surface area (Å²) in [6.07, 6.45) is 0. The van der Waals surface area contributed by atoms with Gasteiger partial charge in [0.1, 0.15) is 35.0 Å². The number of likely N-dealkylation sites (N-methyl/N-ethyl adjacent to an activating group) is 2. The second kappa shape index (κ2) is 10.8. The molecule has 0 saturated carbocycles. The van der Waals surface area contributed by atoms with Crippen LogP contribution >= 0.6 is 0 Å². The number of amidine groups is 2. The van der Waals surface area contributed by atoms with Crippen molar-refractivity contribution in [3.05, 3.63) is 106 Å². The predicted molar refractivity (Wildman–Crippen MR) is 153 cm³/mol. The molecule has 0 unspecified atom stereocenters. The van der Waals surface area contributed by atoms with Crippen molar-refractivity contribution in [2.45, 2.75) is 0 Å². The molecule has 0 atom stereocenters. The predicted octanol–water partition coefficient (Wildman–Crippen LogP) is 3.39. The number of rotatable bonds is 4. The molecule has 5 rings (SSSR count). The Labute approximate surface area is 230 Å². The smallest absolute Gasteiger partial charge is 0.263 e. The highest BCUT2D eigenvalue weighted by molar-refractivity contribution is 6.21. The number of nitrogens with zero attached hydrogens (tertiary/aromatic N) is 4. The maximum atomic E-state index is 12.2. The molecule has 10 nitrogen and oxygen atoms in total. The number of nitriles is 2. The molecule has 3 aromatic rings. The van der Waals surface area contributed by atoms with Crippen LogP contribution in [0.5, 0.6) is 0 Å². The summed E-state index contributed by atoms with van der Waals surface area (Å²) in [4.78, 5) is 33.7. The number of hydrogen-bond donors (Lipinski definition) is 4. The van der Waals surface area contributed by atoms with Crippen LogP contribution in [0.1, 0.15) is 22.3 Å². The third kappa shape index (κ3) is 4.57. The molecule has 3 aromatic carbocycles. The second-order valence-corrected chi connectivity index (χ2v) is 8.67. The molecular weight excluding hydrogens is 504 g/mol. The van der Waals surface area contributed by atoms with E-state index in [1.165, 1.54) is 14.1 Å². The lowest BCUT2D eigenvalue weighted by Gasteiger charge is -2.10. The fraction of sp³-hybridized carbons (Fsp3) is 0.0667. The molecule has 0 aromatic heterocycles. The molecule has 2 aliphatic rings. The first kappa shape index (κ1) is 25.6. The van der Waals surface area contributed by atoms with E-state index in [-0.39, 0.29) is 11.1 Å². The van der Waals surface area contributed by atoms with Crippen LogP contribution in [0.15, 0.2) is 93.9 Å². The Bertz CT molecular complexity index is 1640. The Morgan fingerprint density at radius 3 is 1.27 bits per heavy atom. The minimum atomic E-state index is -0.501. The Morgan fingerprint density at radius 1 is 0.600 bits per heavy atom. The Balaban J connectivity index is 1.42. The van der Waals surface area contributed by atoms with Crippen LogP contribution in [-0.2, 0) is 9.59 Å². The number of fused-ring (bicyclic) bond motifs is 2. The zero-order chi connectivity index (χ0) is 28.2. The van der Waals surface area contributed by atoms with Crippen molar-refractivity contribution in [3.8, 4) is 12.1 Å². The summed E-state index contributed by atoms with van der Waals surface area (Å²) >= 11 is 0. The summed E-state index contributed by atoms with van der Waals surface area (Å²) in [6, 6.07) is 26.1. The lowest BCUT2D eigenvalue weighted by atomic mass is 10.0. The lowest BCUT2D eigenvalue weighted by molar-refractivity contribution is -0.117. The molecule has 0 radical (unpaired) electrons. The molecule has 2 aliphatic heterocycles. The van der Waals surface area contributed by atoms with Crippen LogP contribution in [0.25, 0.3) is 11.4 Å². The quantitative estimate of drug-likeness (QED) is 0.302. The highest BCUT2D eigenvalue weighted by atomic mass is 16.2. The molecule has 4 N–H and O–H groups in total. The van der Waals surface area contributed by atoms with E-state index in [2.05, 4.69) is 31.3 Å². The number of amides is 2. The molecule has 194 valence electrons. The van der Waals surface area contributed by atoms with Crippen LogP contribution in [0.2, 0.25) is 0 Å². The first-order valence-corrected chi connectivity index (χ1v) is 12.2. The van der Waals surface area contributed by atoms with Gasteiger partial charge >= 0.3 is 0 Å². The number of carbonyl (C=O) groups excluding carboxylic acids is 2. The summed E-state index contributed by atoms with van der Waals surface area (Å²) in [5, 5.41) is 30.7. The van der Waals surface area contributed by atoms with Gasteiger partial charge in [-0.2, -0.15) is 10.5 Å².